The minimum atomic E-state index is -1.14. The van der Waals surface area contributed by atoms with E-state index in [-0.39, 0.29) is 37.1 Å². The molecular weight excluding hydrogens is 413 g/mol. The number of hydrogen-bond acceptors (Lipinski definition) is 6. The van der Waals surface area contributed by atoms with Crippen molar-refractivity contribution in [3.8, 4) is 0 Å². The van der Waals surface area contributed by atoms with E-state index in [4.69, 9.17) is 8.94 Å². The van der Waals surface area contributed by atoms with Gasteiger partial charge in [-0.3, -0.25) is 0 Å². The topological polar surface area (TPSA) is 109 Å². The lowest BCUT2D eigenvalue weighted by atomic mass is 10.0. The summed E-state index contributed by atoms with van der Waals surface area (Å²) in [5, 5.41) is 20.3. The molecular formula is C14H22IN5O3. The zero-order chi connectivity index (χ0) is 16.0. The molecule has 1 unspecified atom stereocenters. The first-order valence-electron chi connectivity index (χ1n) is 7.09. The fourth-order valence-corrected chi connectivity index (χ4v) is 1.83. The van der Waals surface area contributed by atoms with Crippen molar-refractivity contribution < 1.29 is 14.0 Å². The van der Waals surface area contributed by atoms with Crippen LogP contribution in [0.5, 0.6) is 0 Å². The van der Waals surface area contributed by atoms with E-state index >= 15 is 0 Å². The minimum Gasteiger partial charge on any atom is -0.466 e. The Balaban J connectivity index is 0.00000264. The lowest BCUT2D eigenvalue weighted by Crippen LogP contribution is -2.44. The molecule has 23 heavy (non-hydrogen) atoms. The highest BCUT2D eigenvalue weighted by Gasteiger charge is 2.26. The van der Waals surface area contributed by atoms with Crippen LogP contribution in [0.2, 0.25) is 0 Å². The van der Waals surface area contributed by atoms with Gasteiger partial charge in [0.2, 0.25) is 5.89 Å². The van der Waals surface area contributed by atoms with Gasteiger partial charge in [0, 0.05) is 13.5 Å². The van der Waals surface area contributed by atoms with E-state index in [0.717, 1.165) is 0 Å². The van der Waals surface area contributed by atoms with Crippen molar-refractivity contribution in [1.82, 2.24) is 20.8 Å². The summed E-state index contributed by atoms with van der Waals surface area (Å²) < 4.78 is 10.1. The zero-order valence-electron chi connectivity index (χ0n) is 13.4. The van der Waals surface area contributed by atoms with Crippen molar-refractivity contribution in [3.05, 3.63) is 35.9 Å². The molecule has 8 nitrogen and oxygen atoms in total. The molecule has 0 bridgehead atoms. The van der Waals surface area contributed by atoms with Gasteiger partial charge in [-0.05, 0) is 26.0 Å². The van der Waals surface area contributed by atoms with Crippen LogP contribution in [-0.2, 0) is 12.1 Å². The lowest BCUT2D eigenvalue weighted by Gasteiger charge is -2.22. The van der Waals surface area contributed by atoms with Crippen LogP contribution < -0.4 is 10.6 Å². The summed E-state index contributed by atoms with van der Waals surface area (Å²) in [4.78, 5) is 8.44. The molecule has 9 heteroatoms. The summed E-state index contributed by atoms with van der Waals surface area (Å²) in [5.41, 5.74) is -1.14. The van der Waals surface area contributed by atoms with E-state index in [1.54, 1.807) is 26.0 Å². The normalized spacial score (nSPS) is 14.0. The molecule has 3 N–H and O–H groups in total. The van der Waals surface area contributed by atoms with Gasteiger partial charge in [-0.1, -0.05) is 5.16 Å². The summed E-state index contributed by atoms with van der Waals surface area (Å²) in [6.07, 6.45) is 1.53. The molecule has 0 saturated carbocycles. The van der Waals surface area contributed by atoms with Crippen LogP contribution in [0.4, 0.5) is 0 Å². The van der Waals surface area contributed by atoms with Crippen LogP contribution in [0.3, 0.4) is 0 Å². The van der Waals surface area contributed by atoms with E-state index in [1.807, 2.05) is 6.92 Å². The average Bonchev–Trinajstić information content (AvgIpc) is 3.13. The van der Waals surface area contributed by atoms with Crippen LogP contribution in [0.1, 0.15) is 31.3 Å². The van der Waals surface area contributed by atoms with Gasteiger partial charge in [0.05, 0.1) is 12.8 Å². The molecule has 0 saturated heterocycles. The minimum absolute atomic E-state index is 0. The Morgan fingerprint density at radius 2 is 2.22 bits per heavy atom. The molecule has 2 rings (SSSR count). The monoisotopic (exact) mass is 435 g/mol. The molecule has 0 aromatic carbocycles. The first-order valence-corrected chi connectivity index (χ1v) is 7.09. The fraction of sp³-hybridized carbons (Fsp3) is 0.500. The maximum Gasteiger partial charge on any atom is 0.223 e. The lowest BCUT2D eigenvalue weighted by molar-refractivity contribution is 0.0386. The number of halogens is 1. The molecule has 2 aromatic heterocycles. The smallest absolute Gasteiger partial charge is 0.223 e. The van der Waals surface area contributed by atoms with E-state index in [9.17, 15) is 5.11 Å². The van der Waals surface area contributed by atoms with Crippen molar-refractivity contribution in [2.45, 2.75) is 32.9 Å². The van der Waals surface area contributed by atoms with Gasteiger partial charge in [0.25, 0.3) is 0 Å². The predicted octanol–water partition coefficient (Wildman–Crippen LogP) is 1.55. The molecule has 1 atom stereocenters. The van der Waals surface area contributed by atoms with E-state index in [1.165, 1.54) is 6.26 Å². The zero-order valence-corrected chi connectivity index (χ0v) is 15.7. The van der Waals surface area contributed by atoms with Crippen LogP contribution in [0.15, 0.2) is 32.3 Å². The number of aliphatic hydroxyl groups is 1. The summed E-state index contributed by atoms with van der Waals surface area (Å²) in [5.74, 6) is 2.05. The molecule has 0 aliphatic carbocycles. The van der Waals surface area contributed by atoms with Crippen LogP contribution in [0, 0.1) is 6.92 Å². The van der Waals surface area contributed by atoms with Crippen LogP contribution in [-0.4, -0.2) is 34.3 Å². The molecule has 0 aliphatic heterocycles. The second kappa shape index (κ2) is 8.87. The molecule has 0 spiro atoms. The van der Waals surface area contributed by atoms with Gasteiger partial charge >= 0.3 is 0 Å². The Labute approximate surface area is 151 Å². The van der Waals surface area contributed by atoms with Gasteiger partial charge in [0.15, 0.2) is 11.8 Å². The standard InChI is InChI=1S/C14H21N5O3.HI/c1-4-15-13(16-8-12-18-10(2)22-19-12)17-9-14(3,20)11-6-5-7-21-11;/h5-7,20H,4,8-9H2,1-3H3,(H2,15,16,17);1H. The molecule has 0 amide bonds. The van der Waals surface area contributed by atoms with Gasteiger partial charge < -0.3 is 24.7 Å². The molecule has 2 heterocycles. The third-order valence-corrected chi connectivity index (χ3v) is 2.94. The van der Waals surface area contributed by atoms with Gasteiger partial charge in [-0.2, -0.15) is 4.98 Å². The number of nitrogens with one attached hydrogen (secondary N) is 2. The number of rotatable bonds is 6. The number of hydrogen-bond donors (Lipinski definition) is 3. The Morgan fingerprint density at radius 1 is 1.43 bits per heavy atom. The second-order valence-electron chi connectivity index (χ2n) is 5.03. The fourth-order valence-electron chi connectivity index (χ4n) is 1.83. The third kappa shape index (κ3) is 5.82. The second-order valence-corrected chi connectivity index (χ2v) is 5.03. The molecule has 0 aliphatic rings. The molecule has 0 fully saturated rings. The largest absolute Gasteiger partial charge is 0.466 e. The van der Waals surface area contributed by atoms with E-state index in [2.05, 4.69) is 25.8 Å². The number of furan rings is 1. The number of nitrogens with zero attached hydrogens (tertiary/aromatic N) is 3. The highest BCUT2D eigenvalue weighted by atomic mass is 127. The van der Waals surface area contributed by atoms with Crippen molar-refractivity contribution in [2.24, 2.45) is 4.99 Å². The summed E-state index contributed by atoms with van der Waals surface area (Å²) in [6, 6.07) is 3.47. The first-order chi connectivity index (χ1) is 10.5. The van der Waals surface area contributed by atoms with Crippen molar-refractivity contribution in [2.75, 3.05) is 13.1 Å². The number of aryl methyl sites for hydroxylation is 1. The van der Waals surface area contributed by atoms with E-state index in [0.29, 0.717) is 30.0 Å². The number of aliphatic imine (C=N–C) groups is 1. The highest BCUT2D eigenvalue weighted by molar-refractivity contribution is 14.0. The predicted molar refractivity (Wildman–Crippen MR) is 95.5 cm³/mol. The number of guanidine groups is 1. The maximum atomic E-state index is 10.4. The van der Waals surface area contributed by atoms with Gasteiger partial charge in [0.1, 0.15) is 17.9 Å². The first kappa shape index (κ1) is 19.4. The number of aromatic nitrogens is 2. The van der Waals surface area contributed by atoms with Crippen LogP contribution in [0.25, 0.3) is 0 Å². The Morgan fingerprint density at radius 3 is 2.78 bits per heavy atom. The van der Waals surface area contributed by atoms with Crippen molar-refractivity contribution >= 4 is 29.9 Å². The molecule has 0 radical (unpaired) electrons. The Bertz CT molecular complexity index is 610. The summed E-state index contributed by atoms with van der Waals surface area (Å²) in [7, 11) is 0. The highest BCUT2D eigenvalue weighted by Crippen LogP contribution is 2.19. The van der Waals surface area contributed by atoms with Crippen LogP contribution >= 0.6 is 24.0 Å². The molecule has 128 valence electrons. The maximum absolute atomic E-state index is 10.4. The summed E-state index contributed by atoms with van der Waals surface area (Å²) in [6.45, 7) is 6.59. The SMILES string of the molecule is CCNC(=NCc1noc(C)n1)NCC(C)(O)c1ccco1.I. The Hall–Kier alpha value is -1.62. The van der Waals surface area contributed by atoms with Gasteiger partial charge in [-0.15, -0.1) is 24.0 Å². The quantitative estimate of drug-likeness (QED) is 0.359. The van der Waals surface area contributed by atoms with E-state index < -0.39 is 5.60 Å². The van der Waals surface area contributed by atoms with Crippen molar-refractivity contribution in [3.63, 3.8) is 0 Å². The average molecular weight is 435 g/mol. The molecule has 2 aromatic rings. The Kier molecular flexibility index (Phi) is 7.49. The van der Waals surface area contributed by atoms with Crippen molar-refractivity contribution in [1.29, 1.82) is 0 Å². The summed E-state index contributed by atoms with van der Waals surface area (Å²) >= 11 is 0. The van der Waals surface area contributed by atoms with Gasteiger partial charge in [-0.25, -0.2) is 4.99 Å². The third-order valence-electron chi connectivity index (χ3n) is 2.94.